The summed E-state index contributed by atoms with van der Waals surface area (Å²) < 4.78 is 7.58. The van der Waals surface area contributed by atoms with E-state index >= 15 is 0 Å². The Labute approximate surface area is 133 Å². The Hall–Kier alpha value is -2.14. The third-order valence-electron chi connectivity index (χ3n) is 3.58. The summed E-state index contributed by atoms with van der Waals surface area (Å²) in [5.41, 5.74) is 3.32. The molecule has 0 amide bonds. The fourth-order valence-electron chi connectivity index (χ4n) is 2.46. The molecular weight excluding hydrogens is 296 g/mol. The molecule has 3 rings (SSSR count). The van der Waals surface area contributed by atoms with Crippen LogP contribution in [0.25, 0.3) is 16.2 Å². The number of carbonyl (C=O) groups excluding carboxylic acids is 1. The van der Waals surface area contributed by atoms with Crippen LogP contribution in [0.1, 0.15) is 34.9 Å². The van der Waals surface area contributed by atoms with E-state index in [-0.39, 0.29) is 6.10 Å². The molecule has 0 saturated heterocycles. The summed E-state index contributed by atoms with van der Waals surface area (Å²) in [5, 5.41) is 0. The van der Waals surface area contributed by atoms with Crippen molar-refractivity contribution in [1.82, 2.24) is 9.38 Å². The van der Waals surface area contributed by atoms with Crippen LogP contribution < -0.4 is 4.74 Å². The summed E-state index contributed by atoms with van der Waals surface area (Å²) in [5.74, 6) is 0.819. The molecule has 1 aromatic carbocycles. The van der Waals surface area contributed by atoms with Gasteiger partial charge in [0.05, 0.1) is 6.10 Å². The van der Waals surface area contributed by atoms with Crippen molar-refractivity contribution in [2.45, 2.75) is 33.8 Å². The summed E-state index contributed by atoms with van der Waals surface area (Å²) in [6.07, 6.45) is 1.02. The Balaban J connectivity index is 2.08. The number of imidazole rings is 1. The average Bonchev–Trinajstić information content (AvgIpc) is 2.96. The Kier molecular flexibility index (Phi) is 3.74. The van der Waals surface area contributed by atoms with Crippen molar-refractivity contribution in [2.75, 3.05) is 0 Å². The van der Waals surface area contributed by atoms with Crippen LogP contribution in [-0.4, -0.2) is 21.8 Å². The van der Waals surface area contributed by atoms with E-state index in [0.29, 0.717) is 5.69 Å². The van der Waals surface area contributed by atoms with Crippen LogP contribution in [0.3, 0.4) is 0 Å². The minimum atomic E-state index is 0.139. The third kappa shape index (κ3) is 2.41. The molecule has 0 fully saturated rings. The van der Waals surface area contributed by atoms with E-state index in [0.717, 1.165) is 33.9 Å². The largest absolute Gasteiger partial charge is 0.491 e. The number of ether oxygens (including phenoxy) is 1. The van der Waals surface area contributed by atoms with Crippen LogP contribution in [0.4, 0.5) is 0 Å². The van der Waals surface area contributed by atoms with Gasteiger partial charge >= 0.3 is 0 Å². The molecule has 0 unspecified atom stereocenters. The van der Waals surface area contributed by atoms with Crippen molar-refractivity contribution in [2.24, 2.45) is 0 Å². The third-order valence-corrected chi connectivity index (χ3v) is 4.64. The average molecular weight is 314 g/mol. The monoisotopic (exact) mass is 314 g/mol. The number of aldehydes is 1. The quantitative estimate of drug-likeness (QED) is 0.675. The molecule has 0 saturated carbocycles. The summed E-state index contributed by atoms with van der Waals surface area (Å²) in [6, 6.07) is 7.71. The van der Waals surface area contributed by atoms with Crippen LogP contribution in [0.5, 0.6) is 5.75 Å². The van der Waals surface area contributed by atoms with Gasteiger partial charge in [0.25, 0.3) is 0 Å². The number of hydrogen-bond donors (Lipinski definition) is 0. The van der Waals surface area contributed by atoms with E-state index < -0.39 is 0 Å². The van der Waals surface area contributed by atoms with Gasteiger partial charge < -0.3 is 4.74 Å². The molecule has 4 nitrogen and oxygen atoms in total. The summed E-state index contributed by atoms with van der Waals surface area (Å²) >= 11 is 1.60. The lowest BCUT2D eigenvalue weighted by Gasteiger charge is -2.09. The van der Waals surface area contributed by atoms with E-state index in [1.54, 1.807) is 11.3 Å². The molecule has 5 heteroatoms. The summed E-state index contributed by atoms with van der Waals surface area (Å²) in [6.45, 7) is 8.04. The van der Waals surface area contributed by atoms with Gasteiger partial charge in [0, 0.05) is 16.1 Å². The smallest absolute Gasteiger partial charge is 0.195 e. The van der Waals surface area contributed by atoms with Crippen molar-refractivity contribution < 1.29 is 9.53 Å². The Morgan fingerprint density at radius 2 is 1.91 bits per heavy atom. The number of hydrogen-bond acceptors (Lipinski definition) is 4. The second-order valence-electron chi connectivity index (χ2n) is 5.52. The van der Waals surface area contributed by atoms with Crippen molar-refractivity contribution in [3.63, 3.8) is 0 Å². The maximum absolute atomic E-state index is 11.6. The van der Waals surface area contributed by atoms with Gasteiger partial charge in [-0.25, -0.2) is 4.98 Å². The van der Waals surface area contributed by atoms with E-state index in [9.17, 15) is 4.79 Å². The molecule has 2 heterocycles. The molecule has 0 radical (unpaired) electrons. The summed E-state index contributed by atoms with van der Waals surface area (Å²) in [7, 11) is 0. The molecule has 0 bridgehead atoms. The van der Waals surface area contributed by atoms with Gasteiger partial charge in [-0.1, -0.05) is 0 Å². The predicted octanol–water partition coefficient (Wildman–Crippen LogP) is 4.28. The number of nitrogens with zero attached hydrogens (tertiary/aromatic N) is 2. The standard InChI is InChI=1S/C17H18N2O2S/c1-10(2)21-14-7-5-13(6-8-14)16-15(9-20)19-11(3)12(4)22-17(19)18-16/h5-10H,1-4H3. The van der Waals surface area contributed by atoms with Crippen LogP contribution in [0.15, 0.2) is 24.3 Å². The van der Waals surface area contributed by atoms with Crippen LogP contribution in [-0.2, 0) is 0 Å². The van der Waals surface area contributed by atoms with Gasteiger partial charge in [0.2, 0.25) is 0 Å². The number of benzene rings is 1. The molecule has 3 aromatic rings. The van der Waals surface area contributed by atoms with E-state index in [1.165, 1.54) is 4.88 Å². The molecule has 0 aliphatic rings. The van der Waals surface area contributed by atoms with E-state index in [2.05, 4.69) is 4.98 Å². The first-order chi connectivity index (χ1) is 10.5. The second-order valence-corrected chi connectivity index (χ2v) is 6.70. The number of aromatic nitrogens is 2. The molecule has 0 N–H and O–H groups in total. The highest BCUT2D eigenvalue weighted by molar-refractivity contribution is 7.17. The number of thiazole rings is 1. The van der Waals surface area contributed by atoms with Gasteiger partial charge in [-0.05, 0) is 52.0 Å². The first kappa shape index (κ1) is 14.8. The molecule has 0 aliphatic carbocycles. The maximum Gasteiger partial charge on any atom is 0.195 e. The van der Waals surface area contributed by atoms with Crippen molar-refractivity contribution in [3.05, 3.63) is 40.5 Å². The van der Waals surface area contributed by atoms with E-state index in [4.69, 9.17) is 4.74 Å². The molecule has 0 spiro atoms. The lowest BCUT2D eigenvalue weighted by Crippen LogP contribution is -2.05. The van der Waals surface area contributed by atoms with Crippen LogP contribution in [0.2, 0.25) is 0 Å². The van der Waals surface area contributed by atoms with E-state index in [1.807, 2.05) is 56.4 Å². The zero-order valence-corrected chi connectivity index (χ0v) is 13.9. The molecule has 0 aliphatic heterocycles. The zero-order chi connectivity index (χ0) is 15.9. The maximum atomic E-state index is 11.6. The minimum absolute atomic E-state index is 0.139. The second kappa shape index (κ2) is 5.57. The highest BCUT2D eigenvalue weighted by Gasteiger charge is 2.18. The first-order valence-corrected chi connectivity index (χ1v) is 8.03. The minimum Gasteiger partial charge on any atom is -0.491 e. The number of fused-ring (bicyclic) bond motifs is 1. The van der Waals surface area contributed by atoms with Crippen LogP contribution >= 0.6 is 11.3 Å². The fourth-order valence-corrected chi connectivity index (χ4v) is 3.43. The van der Waals surface area contributed by atoms with Gasteiger partial charge in [-0.2, -0.15) is 0 Å². The summed E-state index contributed by atoms with van der Waals surface area (Å²) in [4.78, 5) is 18.2. The van der Waals surface area contributed by atoms with Crippen molar-refractivity contribution in [1.29, 1.82) is 0 Å². The first-order valence-electron chi connectivity index (χ1n) is 7.22. The van der Waals surface area contributed by atoms with Gasteiger partial charge in [-0.15, -0.1) is 11.3 Å². The van der Waals surface area contributed by atoms with Gasteiger partial charge in [-0.3, -0.25) is 9.20 Å². The number of carbonyl (C=O) groups is 1. The lowest BCUT2D eigenvalue weighted by molar-refractivity contribution is 0.111. The molecule has 114 valence electrons. The SMILES string of the molecule is Cc1sc2nc(-c3ccc(OC(C)C)cc3)c(C=O)n2c1C. The molecular formula is C17H18N2O2S. The lowest BCUT2D eigenvalue weighted by atomic mass is 10.1. The normalized spacial score (nSPS) is 11.3. The Morgan fingerprint density at radius 3 is 2.50 bits per heavy atom. The van der Waals surface area contributed by atoms with Gasteiger partial charge in [0.1, 0.15) is 17.1 Å². The van der Waals surface area contributed by atoms with Crippen molar-refractivity contribution in [3.8, 4) is 17.0 Å². The molecule has 2 aromatic heterocycles. The highest BCUT2D eigenvalue weighted by atomic mass is 32.1. The van der Waals surface area contributed by atoms with Crippen LogP contribution in [0, 0.1) is 13.8 Å². The zero-order valence-electron chi connectivity index (χ0n) is 13.1. The Bertz CT molecular complexity index is 829. The Morgan fingerprint density at radius 1 is 1.23 bits per heavy atom. The molecule has 22 heavy (non-hydrogen) atoms. The van der Waals surface area contributed by atoms with Crippen molar-refractivity contribution >= 4 is 22.6 Å². The van der Waals surface area contributed by atoms with Gasteiger partial charge in [0.15, 0.2) is 11.2 Å². The molecule has 0 atom stereocenters. The number of aryl methyl sites for hydroxylation is 2. The number of rotatable bonds is 4. The topological polar surface area (TPSA) is 43.6 Å². The fraction of sp³-hybridized carbons (Fsp3) is 0.294. The highest BCUT2D eigenvalue weighted by Crippen LogP contribution is 2.30. The predicted molar refractivity (Wildman–Crippen MR) is 89.1 cm³/mol.